The van der Waals surface area contributed by atoms with Gasteiger partial charge in [-0.25, -0.2) is 0 Å². The van der Waals surface area contributed by atoms with E-state index in [2.05, 4.69) is 10.1 Å². The Balaban J connectivity index is 2.80. The number of ether oxygens (including phenoxy) is 1. The van der Waals surface area contributed by atoms with E-state index in [0.717, 1.165) is 0 Å². The summed E-state index contributed by atoms with van der Waals surface area (Å²) < 4.78 is 77.7. The molecule has 0 saturated carbocycles. The summed E-state index contributed by atoms with van der Waals surface area (Å²) in [5.41, 5.74) is 0. The van der Waals surface area contributed by atoms with Crippen molar-refractivity contribution in [2.24, 2.45) is 5.92 Å². The van der Waals surface area contributed by atoms with Crippen LogP contribution in [0, 0.1) is 5.92 Å². The second-order valence-corrected chi connectivity index (χ2v) is 3.20. The van der Waals surface area contributed by atoms with Crippen molar-refractivity contribution in [1.29, 1.82) is 0 Å². The summed E-state index contributed by atoms with van der Waals surface area (Å²) >= 11 is 0. The molecular weight excluding hydrogens is 228 g/mol. The number of halogens is 6. The van der Waals surface area contributed by atoms with E-state index < -0.39 is 30.9 Å². The van der Waals surface area contributed by atoms with E-state index in [1.165, 1.54) is 0 Å². The lowest BCUT2D eigenvalue weighted by atomic mass is 9.98. The molecule has 90 valence electrons. The van der Waals surface area contributed by atoms with E-state index in [1.807, 2.05) is 0 Å². The second kappa shape index (κ2) is 4.17. The van der Waals surface area contributed by atoms with Crippen molar-refractivity contribution in [3.8, 4) is 0 Å². The molecular formula is C7H9F6NO. The van der Waals surface area contributed by atoms with E-state index in [-0.39, 0.29) is 13.2 Å². The summed E-state index contributed by atoms with van der Waals surface area (Å²) in [5.74, 6) is -3.37. The lowest BCUT2D eigenvalue weighted by molar-refractivity contribution is -0.296. The molecule has 15 heavy (non-hydrogen) atoms. The van der Waals surface area contributed by atoms with Crippen LogP contribution in [0.1, 0.15) is 0 Å². The van der Waals surface area contributed by atoms with Gasteiger partial charge in [0.25, 0.3) is 0 Å². The molecule has 1 fully saturated rings. The highest BCUT2D eigenvalue weighted by Crippen LogP contribution is 2.41. The molecule has 1 atom stereocenters. The Morgan fingerprint density at radius 1 is 1.07 bits per heavy atom. The smallest absolute Gasteiger partial charge is 0.378 e. The molecule has 1 rings (SSSR count). The first-order valence-electron chi connectivity index (χ1n) is 4.17. The molecule has 0 radical (unpaired) electrons. The molecule has 1 heterocycles. The summed E-state index contributed by atoms with van der Waals surface area (Å²) in [6.45, 7) is -0.462. The van der Waals surface area contributed by atoms with Gasteiger partial charge in [0.05, 0.1) is 19.3 Å². The number of alkyl halides is 6. The predicted octanol–water partition coefficient (Wildman–Crippen LogP) is 1.72. The minimum atomic E-state index is -5.31. The van der Waals surface area contributed by atoms with E-state index in [9.17, 15) is 26.3 Å². The fourth-order valence-corrected chi connectivity index (χ4v) is 1.44. The van der Waals surface area contributed by atoms with Crippen LogP contribution in [0.15, 0.2) is 0 Å². The zero-order valence-corrected chi connectivity index (χ0v) is 7.45. The molecule has 8 heteroatoms. The third-order valence-electron chi connectivity index (χ3n) is 2.06. The molecule has 1 aliphatic heterocycles. The molecule has 0 spiro atoms. The van der Waals surface area contributed by atoms with E-state index in [1.54, 1.807) is 0 Å². The van der Waals surface area contributed by atoms with Crippen molar-refractivity contribution in [3.05, 3.63) is 0 Å². The highest BCUT2D eigenvalue weighted by atomic mass is 19.4. The molecule has 0 bridgehead atoms. The zero-order chi connectivity index (χ0) is 11.7. The Bertz CT molecular complexity index is 193. The van der Waals surface area contributed by atoms with E-state index in [4.69, 9.17) is 0 Å². The quantitative estimate of drug-likeness (QED) is 0.701. The van der Waals surface area contributed by atoms with Crippen molar-refractivity contribution in [2.45, 2.75) is 18.4 Å². The average Bonchev–Trinajstić information content (AvgIpc) is 2.00. The van der Waals surface area contributed by atoms with Gasteiger partial charge in [-0.3, -0.25) is 0 Å². The molecule has 0 aromatic rings. The lowest BCUT2D eigenvalue weighted by Gasteiger charge is -2.33. The largest absolute Gasteiger partial charge is 0.402 e. The first-order valence-corrected chi connectivity index (χ1v) is 4.17. The van der Waals surface area contributed by atoms with Gasteiger partial charge < -0.3 is 10.1 Å². The Morgan fingerprint density at radius 3 is 1.93 bits per heavy atom. The van der Waals surface area contributed by atoms with Gasteiger partial charge in [0.2, 0.25) is 0 Å². The van der Waals surface area contributed by atoms with Gasteiger partial charge in [0.1, 0.15) is 0 Å². The molecule has 0 aliphatic carbocycles. The normalized spacial score (nSPS) is 24.6. The highest BCUT2D eigenvalue weighted by Gasteiger charge is 2.60. The van der Waals surface area contributed by atoms with Crippen molar-refractivity contribution in [2.75, 3.05) is 19.8 Å². The maximum Gasteiger partial charge on any atom is 0.402 e. The summed E-state index contributed by atoms with van der Waals surface area (Å²) in [6, 6.07) is -1.75. The third-order valence-corrected chi connectivity index (χ3v) is 2.06. The monoisotopic (exact) mass is 237 g/mol. The summed E-state index contributed by atoms with van der Waals surface area (Å²) in [4.78, 5) is 0. The fourth-order valence-electron chi connectivity index (χ4n) is 1.44. The molecule has 0 amide bonds. The van der Waals surface area contributed by atoms with E-state index in [0.29, 0.717) is 0 Å². The third kappa shape index (κ3) is 3.23. The Kier molecular flexibility index (Phi) is 3.49. The van der Waals surface area contributed by atoms with Crippen LogP contribution in [0.25, 0.3) is 0 Å². The molecule has 0 aromatic carbocycles. The first kappa shape index (κ1) is 12.6. The maximum absolute atomic E-state index is 12.2. The van der Waals surface area contributed by atoms with Gasteiger partial charge in [-0.2, -0.15) is 26.3 Å². The van der Waals surface area contributed by atoms with Crippen LogP contribution < -0.4 is 5.32 Å². The fraction of sp³-hybridized carbons (Fsp3) is 1.00. The number of rotatable bonds is 1. The minimum absolute atomic E-state index is 0.00662. The van der Waals surface area contributed by atoms with Gasteiger partial charge in [-0.05, 0) is 0 Å². The number of hydrogen-bond donors (Lipinski definition) is 1. The van der Waals surface area contributed by atoms with Crippen LogP contribution in [-0.4, -0.2) is 38.2 Å². The van der Waals surface area contributed by atoms with Gasteiger partial charge in [0, 0.05) is 6.54 Å². The number of hydrogen-bond acceptors (Lipinski definition) is 2. The predicted molar refractivity (Wildman–Crippen MR) is 38.2 cm³/mol. The Hall–Kier alpha value is -0.500. The van der Waals surface area contributed by atoms with Gasteiger partial charge >= 0.3 is 12.4 Å². The Morgan fingerprint density at radius 2 is 1.60 bits per heavy atom. The molecule has 1 N–H and O–H groups in total. The zero-order valence-electron chi connectivity index (χ0n) is 7.45. The van der Waals surface area contributed by atoms with Crippen LogP contribution in [0.2, 0.25) is 0 Å². The van der Waals surface area contributed by atoms with Gasteiger partial charge in [0.15, 0.2) is 5.92 Å². The Labute approximate surface area is 81.6 Å². The number of morpholine rings is 1. The summed E-state index contributed by atoms with van der Waals surface area (Å²) in [5, 5.41) is 2.17. The summed E-state index contributed by atoms with van der Waals surface area (Å²) in [6.07, 6.45) is -10.6. The SMILES string of the molecule is FC(F)(F)C(C1COCCN1)C(F)(F)F. The highest BCUT2D eigenvalue weighted by molar-refractivity contribution is 4.88. The number of nitrogens with one attached hydrogen (secondary N) is 1. The van der Waals surface area contributed by atoms with E-state index >= 15 is 0 Å². The van der Waals surface area contributed by atoms with Crippen LogP contribution in [0.5, 0.6) is 0 Å². The van der Waals surface area contributed by atoms with Gasteiger partial charge in [-0.1, -0.05) is 0 Å². The topological polar surface area (TPSA) is 21.3 Å². The maximum atomic E-state index is 12.2. The van der Waals surface area contributed by atoms with Crippen molar-refractivity contribution >= 4 is 0 Å². The van der Waals surface area contributed by atoms with Crippen LogP contribution in [0.4, 0.5) is 26.3 Å². The van der Waals surface area contributed by atoms with Gasteiger partial charge in [-0.15, -0.1) is 0 Å². The van der Waals surface area contributed by atoms with Crippen molar-refractivity contribution in [3.63, 3.8) is 0 Å². The molecule has 1 unspecified atom stereocenters. The minimum Gasteiger partial charge on any atom is -0.378 e. The average molecular weight is 237 g/mol. The molecule has 1 saturated heterocycles. The van der Waals surface area contributed by atoms with Crippen LogP contribution >= 0.6 is 0 Å². The van der Waals surface area contributed by atoms with Crippen LogP contribution in [0.3, 0.4) is 0 Å². The molecule has 2 nitrogen and oxygen atoms in total. The van der Waals surface area contributed by atoms with Crippen LogP contribution in [-0.2, 0) is 4.74 Å². The standard InChI is InChI=1S/C7H9F6NO/c8-6(9,10)5(7(11,12)13)4-3-15-2-1-14-4/h4-5,14H,1-3H2. The second-order valence-electron chi connectivity index (χ2n) is 3.20. The van der Waals surface area contributed by atoms with Crippen molar-refractivity contribution in [1.82, 2.24) is 5.32 Å². The lowest BCUT2D eigenvalue weighted by Crippen LogP contribution is -2.55. The van der Waals surface area contributed by atoms with Crippen molar-refractivity contribution < 1.29 is 31.1 Å². The first-order chi connectivity index (χ1) is 6.73. The summed E-state index contributed by atoms with van der Waals surface area (Å²) in [7, 11) is 0. The molecule has 0 aromatic heterocycles. The molecule has 1 aliphatic rings.